The summed E-state index contributed by atoms with van der Waals surface area (Å²) >= 11 is 0. The van der Waals surface area contributed by atoms with E-state index in [1.807, 2.05) is 30.3 Å². The molecular formula is C19H24N2O9. The molecule has 1 aliphatic carbocycles. The minimum absolute atomic E-state index is 0.0394. The Kier molecular flexibility index (Phi) is 7.72. The number of carboxylic acid groups (broad SMARTS) is 3. The lowest BCUT2D eigenvalue weighted by Crippen LogP contribution is -2.45. The second kappa shape index (κ2) is 10.0. The van der Waals surface area contributed by atoms with Crippen molar-refractivity contribution in [2.75, 3.05) is 13.2 Å². The van der Waals surface area contributed by atoms with Gasteiger partial charge in [-0.05, 0) is 24.8 Å². The van der Waals surface area contributed by atoms with Crippen molar-refractivity contribution in [3.8, 4) is 0 Å². The Balaban J connectivity index is 0.000000232. The quantitative estimate of drug-likeness (QED) is 0.526. The molecule has 0 aromatic heterocycles. The van der Waals surface area contributed by atoms with Gasteiger partial charge < -0.3 is 30.5 Å². The summed E-state index contributed by atoms with van der Waals surface area (Å²) in [5, 5.41) is 26.1. The number of rotatable bonds is 5. The zero-order valence-electron chi connectivity index (χ0n) is 16.1. The Hall–Kier alpha value is -3.18. The highest BCUT2D eigenvalue weighted by Crippen LogP contribution is 2.32. The maximum atomic E-state index is 11.7. The number of carbonyl (C=O) groups excluding carboxylic acids is 1. The molecule has 11 heteroatoms. The van der Waals surface area contributed by atoms with Crippen LogP contribution < -0.4 is 5.73 Å². The summed E-state index contributed by atoms with van der Waals surface area (Å²) in [7, 11) is 0. The first-order valence-corrected chi connectivity index (χ1v) is 9.21. The molecule has 1 amide bonds. The van der Waals surface area contributed by atoms with Gasteiger partial charge in [-0.1, -0.05) is 30.3 Å². The van der Waals surface area contributed by atoms with Crippen molar-refractivity contribution in [1.29, 1.82) is 0 Å². The summed E-state index contributed by atoms with van der Waals surface area (Å²) in [4.78, 5) is 44.6. The second-order valence-corrected chi connectivity index (χ2v) is 7.03. The minimum Gasteiger partial charge on any atom is -0.481 e. The summed E-state index contributed by atoms with van der Waals surface area (Å²) in [5.41, 5.74) is 5.00. The smallest absolute Gasteiger partial charge is 0.412 e. The van der Waals surface area contributed by atoms with E-state index >= 15 is 0 Å². The van der Waals surface area contributed by atoms with Crippen LogP contribution in [0, 0.1) is 5.92 Å². The number of aliphatic carboxylic acids is 3. The third-order valence-corrected chi connectivity index (χ3v) is 4.87. The SMILES string of the molecule is N[C@@]1(C(=O)O)CC[C@H](C(=O)O)C1.O=C(O)[C@H]1OCCN1C(=O)OCc1ccccc1. The normalized spacial score (nSPS) is 25.2. The van der Waals surface area contributed by atoms with Gasteiger partial charge in [-0.15, -0.1) is 0 Å². The van der Waals surface area contributed by atoms with Gasteiger partial charge in [0.2, 0.25) is 6.23 Å². The molecule has 0 spiro atoms. The first-order valence-electron chi connectivity index (χ1n) is 9.21. The van der Waals surface area contributed by atoms with Crippen molar-refractivity contribution in [2.45, 2.75) is 37.6 Å². The van der Waals surface area contributed by atoms with Gasteiger partial charge in [-0.25, -0.2) is 9.59 Å². The lowest BCUT2D eigenvalue weighted by Gasteiger charge is -2.19. The van der Waals surface area contributed by atoms with Crippen LogP contribution >= 0.6 is 0 Å². The van der Waals surface area contributed by atoms with Crippen LogP contribution in [0.4, 0.5) is 4.79 Å². The topological polar surface area (TPSA) is 177 Å². The Bertz CT molecular complexity index is 785. The first kappa shape index (κ1) is 23.1. The standard InChI is InChI=1S/C12H13NO5.C7H11NO4/c14-11(15)10-13(6-7-17-10)12(16)18-8-9-4-2-1-3-5-9;8-7(6(11)12)2-1-4(3-7)5(9)10/h1-5,10H,6-8H2,(H,14,15);4H,1-3,8H2,(H,9,10)(H,11,12)/t10-;4-,7-/m10/s1. The summed E-state index contributed by atoms with van der Waals surface area (Å²) in [6, 6.07) is 9.18. The summed E-state index contributed by atoms with van der Waals surface area (Å²) in [6.45, 7) is 0.546. The first-order chi connectivity index (χ1) is 14.1. The monoisotopic (exact) mass is 424 g/mol. The van der Waals surface area contributed by atoms with Crippen molar-refractivity contribution in [2.24, 2.45) is 11.7 Å². The molecule has 1 aliphatic heterocycles. The number of amides is 1. The van der Waals surface area contributed by atoms with E-state index in [-0.39, 0.29) is 32.6 Å². The molecule has 0 radical (unpaired) electrons. The number of hydrogen-bond donors (Lipinski definition) is 4. The molecule has 11 nitrogen and oxygen atoms in total. The van der Waals surface area contributed by atoms with Crippen molar-refractivity contribution < 1.29 is 44.0 Å². The van der Waals surface area contributed by atoms with Crippen molar-refractivity contribution in [3.05, 3.63) is 35.9 Å². The molecule has 2 aliphatic rings. The van der Waals surface area contributed by atoms with Crippen LogP contribution in [0.1, 0.15) is 24.8 Å². The van der Waals surface area contributed by atoms with Crippen LogP contribution in [0.25, 0.3) is 0 Å². The van der Waals surface area contributed by atoms with E-state index in [0.29, 0.717) is 6.42 Å². The van der Waals surface area contributed by atoms with E-state index in [1.54, 1.807) is 0 Å². The molecule has 1 heterocycles. The Morgan fingerprint density at radius 3 is 2.30 bits per heavy atom. The highest BCUT2D eigenvalue weighted by molar-refractivity contribution is 5.81. The Morgan fingerprint density at radius 2 is 1.80 bits per heavy atom. The summed E-state index contributed by atoms with van der Waals surface area (Å²) < 4.78 is 9.96. The van der Waals surface area contributed by atoms with Crippen molar-refractivity contribution >= 4 is 24.0 Å². The highest BCUT2D eigenvalue weighted by Gasteiger charge is 2.44. The van der Waals surface area contributed by atoms with Gasteiger partial charge in [0.05, 0.1) is 19.1 Å². The van der Waals surface area contributed by atoms with Crippen LogP contribution in [0.5, 0.6) is 0 Å². The van der Waals surface area contributed by atoms with Crippen LogP contribution in [0.2, 0.25) is 0 Å². The van der Waals surface area contributed by atoms with Crippen LogP contribution in [0.3, 0.4) is 0 Å². The van der Waals surface area contributed by atoms with E-state index in [9.17, 15) is 19.2 Å². The zero-order valence-corrected chi connectivity index (χ0v) is 16.1. The number of carbonyl (C=O) groups is 4. The molecule has 1 saturated heterocycles. The summed E-state index contributed by atoms with van der Waals surface area (Å²) in [5.74, 6) is -3.84. The third-order valence-electron chi connectivity index (χ3n) is 4.87. The predicted molar refractivity (Wildman–Crippen MR) is 100 cm³/mol. The fourth-order valence-electron chi connectivity index (χ4n) is 3.14. The Morgan fingerprint density at radius 1 is 1.13 bits per heavy atom. The number of hydrogen-bond acceptors (Lipinski definition) is 7. The van der Waals surface area contributed by atoms with Gasteiger partial charge >= 0.3 is 24.0 Å². The average Bonchev–Trinajstić information content (AvgIpc) is 3.35. The Labute approximate surface area is 172 Å². The molecule has 1 aromatic carbocycles. The largest absolute Gasteiger partial charge is 0.481 e. The zero-order chi connectivity index (χ0) is 22.3. The summed E-state index contributed by atoms with van der Waals surface area (Å²) in [6.07, 6.45) is -1.27. The average molecular weight is 424 g/mol. The lowest BCUT2D eigenvalue weighted by atomic mass is 9.98. The molecule has 3 rings (SSSR count). The number of carboxylic acids is 3. The van der Waals surface area contributed by atoms with Gasteiger partial charge in [-0.3, -0.25) is 14.5 Å². The second-order valence-electron chi connectivity index (χ2n) is 7.03. The molecule has 0 bridgehead atoms. The van der Waals surface area contributed by atoms with Crippen LogP contribution in [-0.4, -0.2) is 69.1 Å². The number of benzene rings is 1. The highest BCUT2D eigenvalue weighted by atomic mass is 16.6. The van der Waals surface area contributed by atoms with Gasteiger partial charge in [0.15, 0.2) is 0 Å². The molecular weight excluding hydrogens is 400 g/mol. The van der Waals surface area contributed by atoms with E-state index < -0.39 is 41.7 Å². The molecule has 164 valence electrons. The molecule has 3 atom stereocenters. The fraction of sp³-hybridized carbons (Fsp3) is 0.474. The number of nitrogens with zero attached hydrogens (tertiary/aromatic N) is 1. The van der Waals surface area contributed by atoms with E-state index in [4.69, 9.17) is 30.5 Å². The van der Waals surface area contributed by atoms with Gasteiger partial charge in [0.1, 0.15) is 12.1 Å². The van der Waals surface area contributed by atoms with E-state index in [2.05, 4.69) is 0 Å². The molecule has 30 heavy (non-hydrogen) atoms. The van der Waals surface area contributed by atoms with Gasteiger partial charge in [-0.2, -0.15) is 0 Å². The van der Waals surface area contributed by atoms with Crippen molar-refractivity contribution in [3.63, 3.8) is 0 Å². The predicted octanol–water partition coefficient (Wildman–Crippen LogP) is 0.719. The van der Waals surface area contributed by atoms with E-state index in [1.165, 1.54) is 0 Å². The number of nitrogens with two attached hydrogens (primary N) is 1. The molecule has 2 fully saturated rings. The maximum Gasteiger partial charge on any atom is 0.412 e. The number of ether oxygens (including phenoxy) is 2. The van der Waals surface area contributed by atoms with Gasteiger partial charge in [0.25, 0.3) is 0 Å². The molecule has 0 unspecified atom stereocenters. The lowest BCUT2D eigenvalue weighted by molar-refractivity contribution is -0.153. The minimum atomic E-state index is -1.32. The maximum absolute atomic E-state index is 11.7. The third kappa shape index (κ3) is 5.91. The molecule has 5 N–H and O–H groups in total. The van der Waals surface area contributed by atoms with Gasteiger partial charge in [0, 0.05) is 0 Å². The van der Waals surface area contributed by atoms with Crippen molar-refractivity contribution in [1.82, 2.24) is 4.90 Å². The van der Waals surface area contributed by atoms with Crippen LogP contribution in [0.15, 0.2) is 30.3 Å². The van der Waals surface area contributed by atoms with E-state index in [0.717, 1.165) is 10.5 Å². The molecule has 1 aromatic rings. The fourth-order valence-corrected chi connectivity index (χ4v) is 3.14. The van der Waals surface area contributed by atoms with Crippen LogP contribution in [-0.2, 0) is 30.5 Å². The molecule has 1 saturated carbocycles.